The lowest BCUT2D eigenvalue weighted by Gasteiger charge is -2.11. The van der Waals surface area contributed by atoms with Gasteiger partial charge in [0.1, 0.15) is 5.75 Å². The number of unbranched alkanes of at least 4 members (excludes halogenated alkanes) is 4. The van der Waals surface area contributed by atoms with Gasteiger partial charge in [-0.15, -0.1) is 0 Å². The second-order valence-electron chi connectivity index (χ2n) is 9.48. The predicted octanol–water partition coefficient (Wildman–Crippen LogP) is 9.31. The highest BCUT2D eigenvalue weighted by atomic mass is 19.2. The Morgan fingerprint density at radius 2 is 1.31 bits per heavy atom. The van der Waals surface area contributed by atoms with Gasteiger partial charge < -0.3 is 9.47 Å². The molecule has 39 heavy (non-hydrogen) atoms. The minimum Gasteiger partial charge on any atom is -0.491 e. The first-order valence-electron chi connectivity index (χ1n) is 13.2. The van der Waals surface area contributed by atoms with E-state index in [0.717, 1.165) is 37.3 Å². The number of carbonyl (C=O) groups excluding carboxylic acids is 1. The molecule has 0 fully saturated rings. The van der Waals surface area contributed by atoms with Gasteiger partial charge in [-0.3, -0.25) is 0 Å². The minimum atomic E-state index is -0.962. The van der Waals surface area contributed by atoms with Crippen LogP contribution in [0, 0.1) is 24.4 Å². The molecule has 6 heteroatoms. The molecule has 0 aliphatic heterocycles. The highest BCUT2D eigenvalue weighted by Crippen LogP contribution is 2.32. The van der Waals surface area contributed by atoms with E-state index in [4.69, 9.17) is 9.47 Å². The topological polar surface area (TPSA) is 35.5 Å². The van der Waals surface area contributed by atoms with Gasteiger partial charge in [-0.05, 0) is 54.8 Å². The number of hydrogen-bond donors (Lipinski definition) is 0. The third kappa shape index (κ3) is 7.08. The Hall–Kier alpha value is -4.06. The predicted molar refractivity (Wildman–Crippen MR) is 148 cm³/mol. The lowest BCUT2D eigenvalue weighted by molar-refractivity contribution is 0.0734. The van der Waals surface area contributed by atoms with Gasteiger partial charge in [0.25, 0.3) is 0 Å². The van der Waals surface area contributed by atoms with Gasteiger partial charge in [-0.2, -0.15) is 0 Å². The van der Waals surface area contributed by atoms with Crippen LogP contribution in [-0.4, -0.2) is 12.6 Å². The summed E-state index contributed by atoms with van der Waals surface area (Å²) in [6.45, 7) is 4.48. The molecule has 0 radical (unpaired) electrons. The lowest BCUT2D eigenvalue weighted by atomic mass is 9.98. The Balaban J connectivity index is 1.39. The largest absolute Gasteiger partial charge is 0.491 e. The van der Waals surface area contributed by atoms with Crippen LogP contribution in [0.5, 0.6) is 11.5 Å². The maximum atomic E-state index is 15.0. The monoisotopic (exact) mass is 532 g/mol. The van der Waals surface area contributed by atoms with Gasteiger partial charge in [0.2, 0.25) is 0 Å². The summed E-state index contributed by atoms with van der Waals surface area (Å²) in [5, 5.41) is 0. The van der Waals surface area contributed by atoms with Crippen molar-refractivity contribution in [3.63, 3.8) is 0 Å². The van der Waals surface area contributed by atoms with Crippen LogP contribution in [0.3, 0.4) is 0 Å². The molecular weight excluding hydrogens is 501 g/mol. The molecule has 202 valence electrons. The molecule has 3 nitrogen and oxygen atoms in total. The quantitative estimate of drug-likeness (QED) is 0.110. The zero-order valence-corrected chi connectivity index (χ0v) is 22.1. The summed E-state index contributed by atoms with van der Waals surface area (Å²) in [7, 11) is 0. The van der Waals surface area contributed by atoms with Gasteiger partial charge in [0.15, 0.2) is 23.2 Å². The number of halogens is 3. The molecule has 4 aromatic carbocycles. The number of esters is 1. The fourth-order valence-corrected chi connectivity index (χ4v) is 4.23. The lowest BCUT2D eigenvalue weighted by Crippen LogP contribution is -2.09. The van der Waals surface area contributed by atoms with Crippen LogP contribution in [0.25, 0.3) is 22.3 Å². The highest BCUT2D eigenvalue weighted by Gasteiger charge is 2.17. The molecule has 0 bridgehead atoms. The summed E-state index contributed by atoms with van der Waals surface area (Å²) >= 11 is 0. The average molecular weight is 533 g/mol. The third-order valence-corrected chi connectivity index (χ3v) is 6.49. The van der Waals surface area contributed by atoms with Gasteiger partial charge in [-0.1, -0.05) is 86.7 Å². The first kappa shape index (κ1) is 28.0. The first-order chi connectivity index (χ1) is 18.9. The van der Waals surface area contributed by atoms with Crippen LogP contribution in [0.1, 0.15) is 54.9 Å². The minimum absolute atomic E-state index is 0.0340. The van der Waals surface area contributed by atoms with E-state index in [9.17, 15) is 18.0 Å². The van der Waals surface area contributed by atoms with Crippen molar-refractivity contribution < 1.29 is 27.4 Å². The summed E-state index contributed by atoms with van der Waals surface area (Å²) in [4.78, 5) is 12.5. The Morgan fingerprint density at radius 1 is 0.718 bits per heavy atom. The SMILES string of the molecule is CCCCCCCOc1ccc(C(=O)Oc2ccc(-c3ccc(-c4ccc(C)cc4)c(F)c3F)cc2)cc1F. The normalized spacial score (nSPS) is 10.9. The summed E-state index contributed by atoms with van der Waals surface area (Å²) in [5.41, 5.74) is 2.33. The Morgan fingerprint density at radius 3 is 1.90 bits per heavy atom. The van der Waals surface area contributed by atoms with Crippen molar-refractivity contribution in [3.05, 3.63) is 107 Å². The number of aryl methyl sites for hydroxylation is 1. The maximum absolute atomic E-state index is 15.0. The third-order valence-electron chi connectivity index (χ3n) is 6.49. The molecule has 0 aliphatic carbocycles. The van der Waals surface area contributed by atoms with Crippen molar-refractivity contribution in [1.82, 2.24) is 0 Å². The molecule has 0 saturated carbocycles. The molecule has 0 amide bonds. The van der Waals surface area contributed by atoms with E-state index in [1.54, 1.807) is 18.2 Å². The number of carbonyl (C=O) groups is 1. The zero-order valence-electron chi connectivity index (χ0n) is 22.1. The molecule has 0 heterocycles. The highest BCUT2D eigenvalue weighted by molar-refractivity contribution is 5.91. The van der Waals surface area contributed by atoms with Gasteiger partial charge >= 0.3 is 5.97 Å². The molecule has 0 spiro atoms. The standard InChI is InChI=1S/C33H31F3O3/c1-3-4-5-6-7-20-38-30-19-14-25(21-29(30)34)33(37)39-26-15-12-24(13-16-26)28-18-17-27(31(35)32(28)36)23-10-8-22(2)9-11-23/h8-19,21H,3-7,20H2,1-2H3. The van der Waals surface area contributed by atoms with Crippen molar-refractivity contribution >= 4 is 5.97 Å². The molecule has 4 aromatic rings. The average Bonchev–Trinajstić information content (AvgIpc) is 2.94. The fraction of sp³-hybridized carbons (Fsp3) is 0.242. The van der Waals surface area contributed by atoms with Crippen LogP contribution >= 0.6 is 0 Å². The van der Waals surface area contributed by atoms with Crippen LogP contribution in [0.2, 0.25) is 0 Å². The number of benzene rings is 4. The molecule has 0 unspecified atom stereocenters. The molecule has 0 saturated heterocycles. The van der Waals surface area contributed by atoms with Crippen LogP contribution in [-0.2, 0) is 0 Å². The molecular formula is C33H31F3O3. The smallest absolute Gasteiger partial charge is 0.343 e. The Kier molecular flexibility index (Phi) is 9.42. The van der Waals surface area contributed by atoms with Crippen molar-refractivity contribution in [2.24, 2.45) is 0 Å². The van der Waals surface area contributed by atoms with Crippen molar-refractivity contribution in [1.29, 1.82) is 0 Å². The van der Waals surface area contributed by atoms with E-state index in [0.29, 0.717) is 17.7 Å². The second kappa shape index (κ2) is 13.1. The van der Waals surface area contributed by atoms with E-state index in [1.807, 2.05) is 19.1 Å². The van der Waals surface area contributed by atoms with Crippen molar-refractivity contribution in [3.8, 4) is 33.8 Å². The second-order valence-corrected chi connectivity index (χ2v) is 9.48. The summed E-state index contributed by atoms with van der Waals surface area (Å²) in [6, 6.07) is 20.2. The van der Waals surface area contributed by atoms with E-state index < -0.39 is 23.4 Å². The Labute approximate surface area is 227 Å². The van der Waals surface area contributed by atoms with Crippen LogP contribution in [0.4, 0.5) is 13.2 Å². The van der Waals surface area contributed by atoms with E-state index >= 15 is 0 Å². The fourth-order valence-electron chi connectivity index (χ4n) is 4.23. The summed E-state index contributed by atoms with van der Waals surface area (Å²) < 4.78 is 55.1. The molecule has 4 rings (SSSR count). The van der Waals surface area contributed by atoms with Gasteiger partial charge in [0.05, 0.1) is 12.2 Å². The van der Waals surface area contributed by atoms with Gasteiger partial charge in [-0.25, -0.2) is 18.0 Å². The van der Waals surface area contributed by atoms with Crippen LogP contribution < -0.4 is 9.47 Å². The van der Waals surface area contributed by atoms with Crippen molar-refractivity contribution in [2.75, 3.05) is 6.61 Å². The van der Waals surface area contributed by atoms with Gasteiger partial charge in [0, 0.05) is 11.1 Å². The van der Waals surface area contributed by atoms with E-state index in [2.05, 4.69) is 6.92 Å². The summed E-state index contributed by atoms with van der Waals surface area (Å²) in [5.74, 6) is -3.00. The number of rotatable bonds is 11. The maximum Gasteiger partial charge on any atom is 0.343 e. The summed E-state index contributed by atoms with van der Waals surface area (Å²) in [6.07, 6.45) is 5.31. The molecule has 0 aliphatic rings. The molecule has 0 aromatic heterocycles. The molecule has 0 atom stereocenters. The van der Waals surface area contributed by atoms with Crippen molar-refractivity contribution in [2.45, 2.75) is 46.0 Å². The molecule has 0 N–H and O–H groups in total. The number of hydrogen-bond acceptors (Lipinski definition) is 3. The van der Waals surface area contributed by atoms with E-state index in [-0.39, 0.29) is 28.2 Å². The zero-order chi connectivity index (χ0) is 27.8. The first-order valence-corrected chi connectivity index (χ1v) is 13.2. The Bertz CT molecular complexity index is 1410. The van der Waals surface area contributed by atoms with E-state index in [1.165, 1.54) is 48.9 Å². The van der Waals surface area contributed by atoms with Crippen LogP contribution in [0.15, 0.2) is 78.9 Å². The number of ether oxygens (including phenoxy) is 2.